The summed E-state index contributed by atoms with van der Waals surface area (Å²) in [5.41, 5.74) is 6.92. The van der Waals surface area contributed by atoms with Crippen molar-refractivity contribution in [1.29, 1.82) is 0 Å². The van der Waals surface area contributed by atoms with Crippen molar-refractivity contribution in [3.05, 3.63) is 29.3 Å². The van der Waals surface area contributed by atoms with Gasteiger partial charge >= 0.3 is 5.97 Å². The lowest BCUT2D eigenvalue weighted by atomic mass is 10.1. The SMILES string of the molecule is Cc1c(N)cccc1C(=O)NC(CCS(C)(=O)=O)C(=O)O. The van der Waals surface area contributed by atoms with Gasteiger partial charge in [-0.25, -0.2) is 13.2 Å². The maximum Gasteiger partial charge on any atom is 0.326 e. The van der Waals surface area contributed by atoms with Crippen LogP contribution in [0.1, 0.15) is 22.3 Å². The van der Waals surface area contributed by atoms with Crippen LogP contribution in [0.3, 0.4) is 0 Å². The lowest BCUT2D eigenvalue weighted by Crippen LogP contribution is -2.42. The number of hydrogen-bond acceptors (Lipinski definition) is 5. The van der Waals surface area contributed by atoms with Crippen LogP contribution in [0.2, 0.25) is 0 Å². The van der Waals surface area contributed by atoms with Gasteiger partial charge in [-0.05, 0) is 31.0 Å². The van der Waals surface area contributed by atoms with Gasteiger partial charge in [-0.1, -0.05) is 6.07 Å². The van der Waals surface area contributed by atoms with Crippen molar-refractivity contribution in [1.82, 2.24) is 5.32 Å². The molecule has 4 N–H and O–H groups in total. The molecule has 0 fully saturated rings. The average molecular weight is 314 g/mol. The number of rotatable bonds is 6. The molecule has 0 aliphatic heterocycles. The molecule has 1 amide bonds. The van der Waals surface area contributed by atoms with Crippen molar-refractivity contribution in [2.75, 3.05) is 17.7 Å². The van der Waals surface area contributed by atoms with Crippen LogP contribution in [-0.2, 0) is 14.6 Å². The average Bonchev–Trinajstić information content (AvgIpc) is 2.36. The molecule has 1 atom stereocenters. The van der Waals surface area contributed by atoms with E-state index >= 15 is 0 Å². The molecule has 1 unspecified atom stereocenters. The predicted octanol–water partition coefficient (Wildman–Crippen LogP) is 0.195. The standard InChI is InChI=1S/C13H18N2O5S/c1-8-9(4-3-5-10(8)14)12(16)15-11(13(17)18)6-7-21(2,19)20/h3-5,11H,6-7,14H2,1-2H3,(H,15,16)(H,17,18). The minimum atomic E-state index is -3.30. The van der Waals surface area contributed by atoms with E-state index in [-0.39, 0.29) is 17.7 Å². The third kappa shape index (κ3) is 5.07. The highest BCUT2D eigenvalue weighted by Crippen LogP contribution is 2.15. The number of nitrogen functional groups attached to an aromatic ring is 1. The molecule has 1 aromatic rings. The fraction of sp³-hybridized carbons (Fsp3) is 0.385. The molecular weight excluding hydrogens is 296 g/mol. The zero-order chi connectivity index (χ0) is 16.2. The third-order valence-electron chi connectivity index (χ3n) is 3.00. The largest absolute Gasteiger partial charge is 0.480 e. The molecule has 1 aromatic carbocycles. The van der Waals surface area contributed by atoms with Crippen LogP contribution in [0.15, 0.2) is 18.2 Å². The van der Waals surface area contributed by atoms with Crippen molar-refractivity contribution < 1.29 is 23.1 Å². The summed E-state index contributed by atoms with van der Waals surface area (Å²) in [6.07, 6.45) is 0.817. The predicted molar refractivity (Wildman–Crippen MR) is 78.8 cm³/mol. The van der Waals surface area contributed by atoms with Crippen LogP contribution >= 0.6 is 0 Å². The summed E-state index contributed by atoms with van der Waals surface area (Å²) in [5.74, 6) is -2.20. The number of carbonyl (C=O) groups is 2. The van der Waals surface area contributed by atoms with Crippen molar-refractivity contribution in [3.63, 3.8) is 0 Å². The third-order valence-corrected chi connectivity index (χ3v) is 3.98. The summed E-state index contributed by atoms with van der Waals surface area (Å²) in [6.45, 7) is 1.65. The molecule has 0 saturated heterocycles. The van der Waals surface area contributed by atoms with Gasteiger partial charge in [0.25, 0.3) is 5.91 Å². The zero-order valence-electron chi connectivity index (χ0n) is 11.8. The Morgan fingerprint density at radius 1 is 1.38 bits per heavy atom. The zero-order valence-corrected chi connectivity index (χ0v) is 12.6. The number of aliphatic carboxylic acids is 1. The van der Waals surface area contributed by atoms with Gasteiger partial charge in [-0.15, -0.1) is 0 Å². The van der Waals surface area contributed by atoms with Crippen LogP contribution in [0.4, 0.5) is 5.69 Å². The van der Waals surface area contributed by atoms with E-state index in [9.17, 15) is 18.0 Å². The Bertz CT molecular complexity index is 655. The summed E-state index contributed by atoms with van der Waals surface area (Å²) in [4.78, 5) is 23.2. The number of amides is 1. The minimum Gasteiger partial charge on any atom is -0.480 e. The molecule has 8 heteroatoms. The number of nitrogens with two attached hydrogens (primary N) is 1. The summed E-state index contributed by atoms with van der Waals surface area (Å²) in [6, 6.07) is 3.47. The summed E-state index contributed by atoms with van der Waals surface area (Å²) in [7, 11) is -3.30. The fourth-order valence-corrected chi connectivity index (χ4v) is 2.39. The number of sulfone groups is 1. The molecule has 0 aliphatic carbocycles. The first-order chi connectivity index (χ1) is 9.61. The topological polar surface area (TPSA) is 127 Å². The number of benzene rings is 1. The molecule has 0 radical (unpaired) electrons. The number of anilines is 1. The molecule has 0 bridgehead atoms. The molecule has 1 rings (SSSR count). The van der Waals surface area contributed by atoms with E-state index in [4.69, 9.17) is 10.8 Å². The molecule has 0 spiro atoms. The molecule has 116 valence electrons. The van der Waals surface area contributed by atoms with Crippen LogP contribution in [0.5, 0.6) is 0 Å². The highest BCUT2D eigenvalue weighted by molar-refractivity contribution is 7.90. The lowest BCUT2D eigenvalue weighted by Gasteiger charge is -2.15. The van der Waals surface area contributed by atoms with E-state index < -0.39 is 27.8 Å². The Kier molecular flexibility index (Phi) is 5.31. The van der Waals surface area contributed by atoms with Crippen molar-refractivity contribution in [3.8, 4) is 0 Å². The van der Waals surface area contributed by atoms with Gasteiger partial charge in [0.05, 0.1) is 5.75 Å². The Hall–Kier alpha value is -2.09. The van der Waals surface area contributed by atoms with Gasteiger partial charge < -0.3 is 16.2 Å². The maximum absolute atomic E-state index is 12.1. The molecule has 7 nitrogen and oxygen atoms in total. The molecule has 0 saturated carbocycles. The fourth-order valence-electron chi connectivity index (χ4n) is 1.72. The second-order valence-electron chi connectivity index (χ2n) is 4.80. The number of carboxylic acid groups (broad SMARTS) is 1. The summed E-state index contributed by atoms with van der Waals surface area (Å²) in [5, 5.41) is 11.4. The van der Waals surface area contributed by atoms with Gasteiger partial charge in [-0.3, -0.25) is 4.79 Å². The van der Waals surface area contributed by atoms with E-state index in [2.05, 4.69) is 5.32 Å². The van der Waals surface area contributed by atoms with Gasteiger partial charge in [-0.2, -0.15) is 0 Å². The van der Waals surface area contributed by atoms with E-state index in [1.165, 1.54) is 6.07 Å². The quantitative estimate of drug-likeness (QED) is 0.644. The normalized spacial score (nSPS) is 12.7. The minimum absolute atomic E-state index is 0.193. The number of nitrogens with one attached hydrogen (secondary N) is 1. The monoisotopic (exact) mass is 314 g/mol. The lowest BCUT2D eigenvalue weighted by molar-refractivity contribution is -0.139. The smallest absolute Gasteiger partial charge is 0.326 e. The molecule has 21 heavy (non-hydrogen) atoms. The van der Waals surface area contributed by atoms with Crippen LogP contribution in [-0.4, -0.2) is 43.5 Å². The first kappa shape index (κ1) is 17.0. The number of carboxylic acids is 1. The van der Waals surface area contributed by atoms with E-state index in [0.717, 1.165) is 6.26 Å². The van der Waals surface area contributed by atoms with Gasteiger partial charge in [0, 0.05) is 17.5 Å². The second kappa shape index (κ2) is 6.57. The second-order valence-corrected chi connectivity index (χ2v) is 7.06. The van der Waals surface area contributed by atoms with Gasteiger partial charge in [0.2, 0.25) is 0 Å². The maximum atomic E-state index is 12.1. The number of hydrogen-bond donors (Lipinski definition) is 3. The Labute approximate surface area is 123 Å². The Morgan fingerprint density at radius 3 is 2.52 bits per heavy atom. The Balaban J connectivity index is 2.86. The molecule has 0 heterocycles. The van der Waals surface area contributed by atoms with Crippen LogP contribution < -0.4 is 11.1 Å². The molecule has 0 aliphatic rings. The van der Waals surface area contributed by atoms with E-state index in [1.807, 2.05) is 0 Å². The van der Waals surface area contributed by atoms with Gasteiger partial charge in [0.15, 0.2) is 0 Å². The van der Waals surface area contributed by atoms with Crippen molar-refractivity contribution >= 4 is 27.4 Å². The van der Waals surface area contributed by atoms with E-state index in [0.29, 0.717) is 11.3 Å². The van der Waals surface area contributed by atoms with Crippen LogP contribution in [0, 0.1) is 6.92 Å². The van der Waals surface area contributed by atoms with E-state index in [1.54, 1.807) is 19.1 Å². The highest BCUT2D eigenvalue weighted by atomic mass is 32.2. The highest BCUT2D eigenvalue weighted by Gasteiger charge is 2.23. The van der Waals surface area contributed by atoms with Crippen molar-refractivity contribution in [2.45, 2.75) is 19.4 Å². The van der Waals surface area contributed by atoms with Gasteiger partial charge in [0.1, 0.15) is 15.9 Å². The summed E-state index contributed by atoms with van der Waals surface area (Å²) < 4.78 is 22.2. The van der Waals surface area contributed by atoms with Crippen molar-refractivity contribution in [2.24, 2.45) is 0 Å². The Morgan fingerprint density at radius 2 is 2.00 bits per heavy atom. The first-order valence-electron chi connectivity index (χ1n) is 6.18. The summed E-state index contributed by atoms with van der Waals surface area (Å²) >= 11 is 0. The molecular formula is C13H18N2O5S. The molecule has 0 aromatic heterocycles. The van der Waals surface area contributed by atoms with Crippen LogP contribution in [0.25, 0.3) is 0 Å². The number of carbonyl (C=O) groups excluding carboxylic acids is 1. The first-order valence-corrected chi connectivity index (χ1v) is 8.24.